The molecule has 0 fully saturated rings. The molecule has 0 saturated carbocycles. The van der Waals surface area contributed by atoms with Crippen LogP contribution in [0.25, 0.3) is 0 Å². The largest absolute Gasteiger partial charge is 0.437 e. The van der Waals surface area contributed by atoms with Gasteiger partial charge in [0.1, 0.15) is 6.67 Å². The minimum atomic E-state index is -1.18. The molecule has 0 unspecified atom stereocenters. The van der Waals surface area contributed by atoms with Gasteiger partial charge in [-0.15, -0.1) is 0 Å². The van der Waals surface area contributed by atoms with Crippen molar-refractivity contribution in [1.82, 2.24) is 0 Å². The smallest absolute Gasteiger partial charge is 0.339 e. The molecule has 0 aromatic carbocycles. The molecule has 0 saturated heterocycles. The normalized spacial score (nSPS) is 9.40. The second kappa shape index (κ2) is 6.41. The Morgan fingerprint density at radius 1 is 1.40 bits per heavy atom. The van der Waals surface area contributed by atoms with Crippen molar-refractivity contribution in [1.29, 1.82) is 0 Å². The molecule has 0 spiro atoms. The molecule has 0 aliphatic heterocycles. The molecule has 3 nitrogen and oxygen atoms in total. The number of esters is 1. The van der Waals surface area contributed by atoms with E-state index in [1.54, 1.807) is 0 Å². The molecule has 0 radical (unpaired) electrons. The summed E-state index contributed by atoms with van der Waals surface area (Å²) in [6.45, 7) is -2.35. The fourth-order valence-electron chi connectivity index (χ4n) is 0.259. The standard InChI is InChI=1S/C5H8F2O3/c6-1-2-9-4-10-5(8)3-7/h1-4H2. The first kappa shape index (κ1) is 9.29. The van der Waals surface area contributed by atoms with Gasteiger partial charge in [-0.3, -0.25) is 0 Å². The van der Waals surface area contributed by atoms with Crippen molar-refractivity contribution in [2.45, 2.75) is 0 Å². The highest BCUT2D eigenvalue weighted by molar-refractivity contribution is 5.70. The van der Waals surface area contributed by atoms with Crippen molar-refractivity contribution in [3.63, 3.8) is 0 Å². The maximum absolute atomic E-state index is 11.3. The van der Waals surface area contributed by atoms with Crippen LogP contribution >= 0.6 is 0 Å². The summed E-state index contributed by atoms with van der Waals surface area (Å²) in [7, 11) is 0. The highest BCUT2D eigenvalue weighted by atomic mass is 19.1. The summed E-state index contributed by atoms with van der Waals surface area (Å²) >= 11 is 0. The Balaban J connectivity index is 2.96. The van der Waals surface area contributed by atoms with Crippen molar-refractivity contribution in [2.75, 3.05) is 26.7 Å². The van der Waals surface area contributed by atoms with Crippen molar-refractivity contribution >= 4 is 5.97 Å². The molecule has 0 aromatic rings. The molecule has 0 bridgehead atoms. The minimum Gasteiger partial charge on any atom is -0.437 e. The number of rotatable bonds is 5. The summed E-state index contributed by atoms with van der Waals surface area (Å²) in [4.78, 5) is 10.0. The molecule has 0 aliphatic rings. The summed E-state index contributed by atoms with van der Waals surface area (Å²) in [6, 6.07) is 0. The van der Waals surface area contributed by atoms with E-state index in [1.165, 1.54) is 0 Å². The zero-order chi connectivity index (χ0) is 7.82. The van der Waals surface area contributed by atoms with Crippen LogP contribution < -0.4 is 0 Å². The average Bonchev–Trinajstić information content (AvgIpc) is 1.98. The lowest BCUT2D eigenvalue weighted by atomic mass is 10.8. The second-order valence-electron chi connectivity index (χ2n) is 1.37. The van der Waals surface area contributed by atoms with Gasteiger partial charge in [-0.2, -0.15) is 0 Å². The van der Waals surface area contributed by atoms with Gasteiger partial charge < -0.3 is 9.47 Å². The fourth-order valence-corrected chi connectivity index (χ4v) is 0.259. The van der Waals surface area contributed by atoms with Crippen molar-refractivity contribution in [3.8, 4) is 0 Å². The Morgan fingerprint density at radius 3 is 2.60 bits per heavy atom. The average molecular weight is 154 g/mol. The molecule has 0 rings (SSSR count). The molecule has 0 amide bonds. The lowest BCUT2D eigenvalue weighted by Crippen LogP contribution is -2.10. The van der Waals surface area contributed by atoms with Crippen LogP contribution in [0.2, 0.25) is 0 Å². The quantitative estimate of drug-likeness (QED) is 0.327. The Bertz CT molecular complexity index is 96.9. The molecule has 0 aliphatic carbocycles. The molecular formula is C5H8F2O3. The highest BCUT2D eigenvalue weighted by Crippen LogP contribution is 1.81. The lowest BCUT2D eigenvalue weighted by Gasteiger charge is -2.00. The van der Waals surface area contributed by atoms with E-state index in [1.807, 2.05) is 0 Å². The van der Waals surface area contributed by atoms with Crippen LogP contribution in [0.1, 0.15) is 0 Å². The molecule has 0 atom stereocenters. The van der Waals surface area contributed by atoms with Gasteiger partial charge >= 0.3 is 5.97 Å². The van der Waals surface area contributed by atoms with Gasteiger partial charge in [0, 0.05) is 0 Å². The number of halogens is 2. The van der Waals surface area contributed by atoms with Gasteiger partial charge in [-0.25, -0.2) is 13.6 Å². The molecule has 5 heteroatoms. The van der Waals surface area contributed by atoms with Gasteiger partial charge in [-0.05, 0) is 0 Å². The maximum Gasteiger partial charge on any atom is 0.339 e. The van der Waals surface area contributed by atoms with Crippen molar-refractivity contribution < 1.29 is 23.0 Å². The Morgan fingerprint density at radius 2 is 2.10 bits per heavy atom. The van der Waals surface area contributed by atoms with Crippen molar-refractivity contribution in [3.05, 3.63) is 0 Å². The maximum atomic E-state index is 11.3. The van der Waals surface area contributed by atoms with Crippen LogP contribution in [0.15, 0.2) is 0 Å². The van der Waals surface area contributed by atoms with Crippen LogP contribution in [-0.4, -0.2) is 32.7 Å². The topological polar surface area (TPSA) is 35.5 Å². The third-order valence-electron chi connectivity index (χ3n) is 0.634. The zero-order valence-electron chi connectivity index (χ0n) is 5.31. The van der Waals surface area contributed by atoms with Crippen LogP contribution in [0.5, 0.6) is 0 Å². The van der Waals surface area contributed by atoms with Crippen LogP contribution in [0, 0.1) is 0 Å². The van der Waals surface area contributed by atoms with E-state index in [4.69, 9.17) is 0 Å². The summed E-state index contributed by atoms with van der Waals surface area (Å²) in [5.74, 6) is -1.00. The van der Waals surface area contributed by atoms with E-state index in [-0.39, 0.29) is 13.4 Å². The SMILES string of the molecule is O=C(CF)OCOCCF. The molecular weight excluding hydrogens is 146 g/mol. The van der Waals surface area contributed by atoms with Gasteiger partial charge in [-0.1, -0.05) is 0 Å². The molecule has 0 N–H and O–H groups in total. The first-order valence-electron chi connectivity index (χ1n) is 2.66. The summed E-state index contributed by atoms with van der Waals surface area (Å²) in [5, 5.41) is 0. The summed E-state index contributed by atoms with van der Waals surface area (Å²) < 4.78 is 31.0. The van der Waals surface area contributed by atoms with E-state index >= 15 is 0 Å². The van der Waals surface area contributed by atoms with Crippen LogP contribution in [0.3, 0.4) is 0 Å². The number of ether oxygens (including phenoxy) is 2. The number of carbonyl (C=O) groups excluding carboxylic acids is 1. The molecule has 10 heavy (non-hydrogen) atoms. The predicted molar refractivity (Wildman–Crippen MR) is 28.9 cm³/mol. The van der Waals surface area contributed by atoms with E-state index in [2.05, 4.69) is 9.47 Å². The lowest BCUT2D eigenvalue weighted by molar-refractivity contribution is -0.157. The van der Waals surface area contributed by atoms with E-state index in [0.717, 1.165) is 0 Å². The third kappa shape index (κ3) is 5.43. The number of carbonyl (C=O) groups is 1. The van der Waals surface area contributed by atoms with Crippen molar-refractivity contribution in [2.24, 2.45) is 0 Å². The van der Waals surface area contributed by atoms with Crippen LogP contribution in [-0.2, 0) is 14.3 Å². The zero-order valence-corrected chi connectivity index (χ0v) is 5.31. The summed E-state index contributed by atoms with van der Waals surface area (Å²) in [5.41, 5.74) is 0. The highest BCUT2D eigenvalue weighted by Gasteiger charge is 1.98. The number of alkyl halides is 2. The summed E-state index contributed by atoms with van der Waals surface area (Å²) in [6.07, 6.45) is 0. The van der Waals surface area contributed by atoms with Gasteiger partial charge in [0.2, 0.25) is 0 Å². The predicted octanol–water partition coefficient (Wildman–Crippen LogP) is 0.443. The Kier molecular flexibility index (Phi) is 5.96. The van der Waals surface area contributed by atoms with Gasteiger partial charge in [0.15, 0.2) is 13.5 Å². The van der Waals surface area contributed by atoms with E-state index in [0.29, 0.717) is 0 Å². The fraction of sp³-hybridized carbons (Fsp3) is 0.800. The van der Waals surface area contributed by atoms with Crippen LogP contribution in [0.4, 0.5) is 8.78 Å². The first-order chi connectivity index (χ1) is 4.81. The van der Waals surface area contributed by atoms with Gasteiger partial charge in [0.25, 0.3) is 0 Å². The molecule has 0 aromatic heterocycles. The first-order valence-corrected chi connectivity index (χ1v) is 2.66. The second-order valence-corrected chi connectivity index (χ2v) is 1.37. The van der Waals surface area contributed by atoms with Gasteiger partial charge in [0.05, 0.1) is 6.61 Å². The Labute approximate surface area is 56.9 Å². The monoisotopic (exact) mass is 154 g/mol. The third-order valence-corrected chi connectivity index (χ3v) is 0.634. The number of hydrogen-bond donors (Lipinski definition) is 0. The number of hydrogen-bond acceptors (Lipinski definition) is 3. The molecule has 60 valence electrons. The minimum absolute atomic E-state index is 0.139. The Hall–Kier alpha value is -0.710. The molecule has 0 heterocycles. The van der Waals surface area contributed by atoms with E-state index in [9.17, 15) is 13.6 Å². The van der Waals surface area contributed by atoms with E-state index < -0.39 is 19.3 Å².